The summed E-state index contributed by atoms with van der Waals surface area (Å²) in [5.41, 5.74) is 1.28. The van der Waals surface area contributed by atoms with Gasteiger partial charge in [-0.1, -0.05) is 13.8 Å². The van der Waals surface area contributed by atoms with E-state index in [0.717, 1.165) is 22.9 Å². The Hall–Kier alpha value is -0.350. The Morgan fingerprint density at radius 2 is 2.40 bits per heavy atom. The summed E-state index contributed by atoms with van der Waals surface area (Å²) in [6.07, 6.45) is 3.21. The maximum absolute atomic E-state index is 4.28. The van der Waals surface area contributed by atoms with Gasteiger partial charge in [0.05, 0.1) is 22.4 Å². The maximum atomic E-state index is 4.28. The number of hydrogen-bond acceptors (Lipinski definition) is 2. The van der Waals surface area contributed by atoms with E-state index in [1.165, 1.54) is 12.1 Å². The predicted molar refractivity (Wildman–Crippen MR) is 64.6 cm³/mol. The molecule has 2 rings (SSSR count). The van der Waals surface area contributed by atoms with Crippen LogP contribution < -0.4 is 5.32 Å². The molecule has 1 aromatic heterocycles. The fourth-order valence-corrected chi connectivity index (χ4v) is 2.85. The van der Waals surface area contributed by atoms with Crippen LogP contribution in [0.4, 0.5) is 0 Å². The van der Waals surface area contributed by atoms with Crippen LogP contribution in [-0.2, 0) is 7.05 Å². The standard InChI is InChI=1S/C11H18BrN3/c1-4-13-10(8-5-7(8)2)11-9(12)6-14-15(11)3/h6-8,10,13H,4-5H2,1-3H3. The van der Waals surface area contributed by atoms with E-state index in [1.807, 2.05) is 17.9 Å². The molecule has 1 fully saturated rings. The molecule has 3 nitrogen and oxygen atoms in total. The average molecular weight is 272 g/mol. The van der Waals surface area contributed by atoms with Crippen molar-refractivity contribution in [3.05, 3.63) is 16.4 Å². The third-order valence-corrected chi connectivity index (χ3v) is 3.87. The van der Waals surface area contributed by atoms with Gasteiger partial charge in [-0.05, 0) is 40.7 Å². The highest BCUT2D eigenvalue weighted by Gasteiger charge is 2.41. The first kappa shape index (κ1) is 11.1. The molecule has 0 bridgehead atoms. The molecular weight excluding hydrogens is 254 g/mol. The second-order valence-corrected chi connectivity index (χ2v) is 5.27. The third kappa shape index (κ3) is 2.11. The van der Waals surface area contributed by atoms with Crippen molar-refractivity contribution >= 4 is 15.9 Å². The molecule has 15 heavy (non-hydrogen) atoms. The lowest BCUT2D eigenvalue weighted by molar-refractivity contribution is 0.444. The number of hydrogen-bond donors (Lipinski definition) is 1. The van der Waals surface area contributed by atoms with E-state index in [0.29, 0.717) is 6.04 Å². The van der Waals surface area contributed by atoms with Gasteiger partial charge in [0.2, 0.25) is 0 Å². The molecule has 0 radical (unpaired) electrons. The minimum absolute atomic E-state index is 0.451. The highest BCUT2D eigenvalue weighted by Crippen LogP contribution is 2.47. The van der Waals surface area contributed by atoms with E-state index in [1.54, 1.807) is 0 Å². The van der Waals surface area contributed by atoms with Crippen LogP contribution in [0, 0.1) is 11.8 Å². The summed E-state index contributed by atoms with van der Waals surface area (Å²) in [7, 11) is 2.01. The fraction of sp³-hybridized carbons (Fsp3) is 0.727. The van der Waals surface area contributed by atoms with Crippen LogP contribution in [0.3, 0.4) is 0 Å². The number of aromatic nitrogens is 2. The van der Waals surface area contributed by atoms with Gasteiger partial charge >= 0.3 is 0 Å². The molecule has 1 heterocycles. The molecule has 0 spiro atoms. The van der Waals surface area contributed by atoms with Crippen molar-refractivity contribution in [3.8, 4) is 0 Å². The molecule has 0 saturated heterocycles. The largest absolute Gasteiger partial charge is 0.309 e. The van der Waals surface area contributed by atoms with Crippen LogP contribution in [0.2, 0.25) is 0 Å². The minimum atomic E-state index is 0.451. The number of rotatable bonds is 4. The summed E-state index contributed by atoms with van der Waals surface area (Å²) >= 11 is 3.58. The SMILES string of the molecule is CCNC(c1c(Br)cnn1C)C1CC1C. The molecule has 0 aliphatic heterocycles. The van der Waals surface area contributed by atoms with Crippen LogP contribution in [0.1, 0.15) is 32.0 Å². The molecule has 0 aromatic carbocycles. The second-order valence-electron chi connectivity index (χ2n) is 4.41. The summed E-state index contributed by atoms with van der Waals surface area (Å²) in [6, 6.07) is 0.451. The molecule has 1 N–H and O–H groups in total. The van der Waals surface area contributed by atoms with Crippen molar-refractivity contribution < 1.29 is 0 Å². The Balaban J connectivity index is 2.24. The lowest BCUT2D eigenvalue weighted by atomic mass is 10.1. The monoisotopic (exact) mass is 271 g/mol. The van der Waals surface area contributed by atoms with Crippen molar-refractivity contribution in [2.24, 2.45) is 18.9 Å². The molecule has 4 heteroatoms. The Bertz CT molecular complexity index is 328. The first-order valence-electron chi connectivity index (χ1n) is 5.56. The number of nitrogens with one attached hydrogen (secondary N) is 1. The van der Waals surface area contributed by atoms with Crippen molar-refractivity contribution in [2.75, 3.05) is 6.54 Å². The zero-order valence-electron chi connectivity index (χ0n) is 9.50. The van der Waals surface area contributed by atoms with E-state index in [4.69, 9.17) is 0 Å². The first-order chi connectivity index (χ1) is 7.15. The molecule has 3 atom stereocenters. The van der Waals surface area contributed by atoms with Gasteiger partial charge in [0.25, 0.3) is 0 Å². The van der Waals surface area contributed by atoms with E-state index >= 15 is 0 Å². The predicted octanol–water partition coefficient (Wildman–Crippen LogP) is 2.49. The molecule has 1 aromatic rings. The molecular formula is C11H18BrN3. The topological polar surface area (TPSA) is 29.9 Å². The minimum Gasteiger partial charge on any atom is -0.309 e. The first-order valence-corrected chi connectivity index (χ1v) is 6.35. The summed E-state index contributed by atoms with van der Waals surface area (Å²) < 4.78 is 3.10. The fourth-order valence-electron chi connectivity index (χ4n) is 2.26. The number of nitrogens with zero attached hydrogens (tertiary/aromatic N) is 2. The van der Waals surface area contributed by atoms with Crippen LogP contribution in [0.25, 0.3) is 0 Å². The Morgan fingerprint density at radius 1 is 1.73 bits per heavy atom. The normalized spacial score (nSPS) is 26.7. The lowest BCUT2D eigenvalue weighted by Gasteiger charge is -2.18. The summed E-state index contributed by atoms with van der Waals surface area (Å²) in [5, 5.41) is 7.85. The van der Waals surface area contributed by atoms with Gasteiger partial charge in [-0.25, -0.2) is 0 Å². The van der Waals surface area contributed by atoms with E-state index in [2.05, 4.69) is 40.2 Å². The van der Waals surface area contributed by atoms with Crippen LogP contribution in [0.5, 0.6) is 0 Å². The third-order valence-electron chi connectivity index (χ3n) is 3.26. The van der Waals surface area contributed by atoms with Gasteiger partial charge in [0.15, 0.2) is 0 Å². The quantitative estimate of drug-likeness (QED) is 0.912. The maximum Gasteiger partial charge on any atom is 0.0695 e. The highest BCUT2D eigenvalue weighted by molar-refractivity contribution is 9.10. The Labute approximate surface area is 99.4 Å². The van der Waals surface area contributed by atoms with Gasteiger partial charge in [0.1, 0.15) is 0 Å². The van der Waals surface area contributed by atoms with E-state index in [-0.39, 0.29) is 0 Å². The van der Waals surface area contributed by atoms with Crippen molar-refractivity contribution in [1.82, 2.24) is 15.1 Å². The van der Waals surface area contributed by atoms with Gasteiger partial charge in [-0.3, -0.25) is 4.68 Å². The van der Waals surface area contributed by atoms with E-state index in [9.17, 15) is 0 Å². The van der Waals surface area contributed by atoms with Gasteiger partial charge in [-0.2, -0.15) is 5.10 Å². The molecule has 1 aliphatic carbocycles. The molecule has 1 saturated carbocycles. The number of halogens is 1. The van der Waals surface area contributed by atoms with Gasteiger partial charge in [0, 0.05) is 7.05 Å². The highest BCUT2D eigenvalue weighted by atomic mass is 79.9. The summed E-state index contributed by atoms with van der Waals surface area (Å²) in [6.45, 7) is 5.48. The van der Waals surface area contributed by atoms with Crippen LogP contribution in [-0.4, -0.2) is 16.3 Å². The van der Waals surface area contributed by atoms with Crippen molar-refractivity contribution in [1.29, 1.82) is 0 Å². The van der Waals surface area contributed by atoms with Gasteiger partial charge in [-0.15, -0.1) is 0 Å². The summed E-state index contributed by atoms with van der Waals surface area (Å²) in [5.74, 6) is 1.62. The van der Waals surface area contributed by atoms with E-state index < -0.39 is 0 Å². The van der Waals surface area contributed by atoms with Gasteiger partial charge < -0.3 is 5.32 Å². The Morgan fingerprint density at radius 3 is 2.80 bits per heavy atom. The lowest BCUT2D eigenvalue weighted by Crippen LogP contribution is -2.25. The van der Waals surface area contributed by atoms with Crippen molar-refractivity contribution in [2.45, 2.75) is 26.3 Å². The van der Waals surface area contributed by atoms with Crippen molar-refractivity contribution in [3.63, 3.8) is 0 Å². The molecule has 84 valence electrons. The molecule has 1 aliphatic rings. The van der Waals surface area contributed by atoms with Crippen LogP contribution >= 0.6 is 15.9 Å². The average Bonchev–Trinajstić information content (AvgIpc) is 2.82. The molecule has 3 unspecified atom stereocenters. The Kier molecular flexibility index (Phi) is 3.16. The summed E-state index contributed by atoms with van der Waals surface area (Å²) in [4.78, 5) is 0. The van der Waals surface area contributed by atoms with Crippen LogP contribution in [0.15, 0.2) is 10.7 Å². The second kappa shape index (κ2) is 4.26. The zero-order valence-corrected chi connectivity index (χ0v) is 11.1. The smallest absolute Gasteiger partial charge is 0.0695 e. The molecule has 0 amide bonds. The number of aryl methyl sites for hydroxylation is 1. The zero-order chi connectivity index (χ0) is 11.0.